The van der Waals surface area contributed by atoms with Crippen LogP contribution < -0.4 is 0 Å². The summed E-state index contributed by atoms with van der Waals surface area (Å²) in [5, 5.41) is 8.49. The van der Waals surface area contributed by atoms with E-state index in [2.05, 4.69) is 24.3 Å². The predicted octanol–water partition coefficient (Wildman–Crippen LogP) is 5.73. The molecular formula is C22H30O3. The van der Waals surface area contributed by atoms with Crippen molar-refractivity contribution in [3.8, 4) is 0 Å². The van der Waals surface area contributed by atoms with E-state index in [-0.39, 0.29) is 12.2 Å². The Hall–Kier alpha value is -2.42. The van der Waals surface area contributed by atoms with E-state index >= 15 is 0 Å². The SMILES string of the molecule is CC/C=C\CC(=O)/C=C/C=C\C/C=C\C/C=C\C/C=C\CCC(=O)O. The second-order valence-corrected chi connectivity index (χ2v) is 5.39. The molecule has 0 amide bonds. The second kappa shape index (κ2) is 17.9. The van der Waals surface area contributed by atoms with Crippen molar-refractivity contribution in [3.63, 3.8) is 0 Å². The third-order valence-electron chi connectivity index (χ3n) is 3.09. The second-order valence-electron chi connectivity index (χ2n) is 5.39. The van der Waals surface area contributed by atoms with Crippen LogP contribution in [0.2, 0.25) is 0 Å². The van der Waals surface area contributed by atoms with Gasteiger partial charge in [-0.3, -0.25) is 9.59 Å². The summed E-state index contributed by atoms with van der Waals surface area (Å²) in [5.74, 6) is -0.641. The lowest BCUT2D eigenvalue weighted by Crippen LogP contribution is -1.91. The van der Waals surface area contributed by atoms with Crippen LogP contribution in [0.25, 0.3) is 0 Å². The van der Waals surface area contributed by atoms with E-state index in [1.165, 1.54) is 0 Å². The minimum absolute atomic E-state index is 0.118. The molecule has 25 heavy (non-hydrogen) atoms. The fraction of sp³-hybridized carbons (Fsp3) is 0.364. The lowest BCUT2D eigenvalue weighted by Gasteiger charge is -1.87. The van der Waals surface area contributed by atoms with Crippen LogP contribution in [-0.4, -0.2) is 16.9 Å². The molecule has 0 rings (SSSR count). The summed E-state index contributed by atoms with van der Waals surface area (Å²) in [6.07, 6.45) is 28.2. The van der Waals surface area contributed by atoms with E-state index in [4.69, 9.17) is 5.11 Å². The molecular weight excluding hydrogens is 312 g/mol. The first kappa shape index (κ1) is 22.6. The van der Waals surface area contributed by atoms with Gasteiger partial charge in [0.1, 0.15) is 0 Å². The summed E-state index contributed by atoms with van der Waals surface area (Å²) in [4.78, 5) is 21.8. The van der Waals surface area contributed by atoms with Gasteiger partial charge in [0.2, 0.25) is 0 Å². The number of rotatable bonds is 14. The van der Waals surface area contributed by atoms with Crippen LogP contribution in [0.1, 0.15) is 51.9 Å². The van der Waals surface area contributed by atoms with Gasteiger partial charge in [0.15, 0.2) is 5.78 Å². The average molecular weight is 342 g/mol. The van der Waals surface area contributed by atoms with Crippen molar-refractivity contribution in [2.24, 2.45) is 0 Å². The highest BCUT2D eigenvalue weighted by molar-refractivity contribution is 5.90. The molecule has 3 nitrogen and oxygen atoms in total. The molecule has 0 radical (unpaired) electrons. The normalized spacial score (nSPS) is 12.8. The van der Waals surface area contributed by atoms with Crippen LogP contribution in [0.4, 0.5) is 0 Å². The molecule has 136 valence electrons. The first-order valence-electron chi connectivity index (χ1n) is 8.84. The van der Waals surface area contributed by atoms with Crippen molar-refractivity contribution in [1.82, 2.24) is 0 Å². The minimum Gasteiger partial charge on any atom is -0.481 e. The quantitative estimate of drug-likeness (QED) is 0.249. The largest absolute Gasteiger partial charge is 0.481 e. The predicted molar refractivity (Wildman–Crippen MR) is 105 cm³/mol. The standard InChI is InChI=1S/C22H30O3/c1-2-3-15-18-21(23)19-16-13-11-9-7-5-4-6-8-10-12-14-17-20-22(24)25/h3,5-8,11-16,19H,2,4,9-10,17-18,20H2,1H3,(H,24,25)/b7-5-,8-6-,13-11-,14-12-,15-3-,19-16+. The van der Waals surface area contributed by atoms with Gasteiger partial charge in [-0.1, -0.05) is 73.8 Å². The molecule has 0 saturated heterocycles. The summed E-state index contributed by atoms with van der Waals surface area (Å²) in [6, 6.07) is 0. The zero-order valence-corrected chi connectivity index (χ0v) is 15.1. The first-order valence-corrected chi connectivity index (χ1v) is 8.84. The highest BCUT2D eigenvalue weighted by atomic mass is 16.4. The van der Waals surface area contributed by atoms with Crippen LogP contribution >= 0.6 is 0 Å². The number of hydrogen-bond donors (Lipinski definition) is 1. The van der Waals surface area contributed by atoms with Gasteiger partial charge in [-0.2, -0.15) is 0 Å². The molecule has 0 atom stereocenters. The van der Waals surface area contributed by atoms with Crippen LogP contribution in [0.15, 0.2) is 72.9 Å². The fourth-order valence-corrected chi connectivity index (χ4v) is 1.80. The van der Waals surface area contributed by atoms with E-state index in [0.29, 0.717) is 12.8 Å². The van der Waals surface area contributed by atoms with Crippen LogP contribution in [0.5, 0.6) is 0 Å². The molecule has 0 aromatic carbocycles. The molecule has 0 spiro atoms. The highest BCUT2D eigenvalue weighted by Crippen LogP contribution is 1.96. The molecule has 0 unspecified atom stereocenters. The lowest BCUT2D eigenvalue weighted by atomic mass is 10.2. The molecule has 0 aromatic heterocycles. The maximum Gasteiger partial charge on any atom is 0.303 e. The van der Waals surface area contributed by atoms with Crippen LogP contribution in [0, 0.1) is 0 Å². The Morgan fingerprint density at radius 2 is 1.36 bits per heavy atom. The summed E-state index contributed by atoms with van der Waals surface area (Å²) in [6.45, 7) is 2.05. The average Bonchev–Trinajstić information content (AvgIpc) is 2.58. The molecule has 3 heteroatoms. The maximum absolute atomic E-state index is 11.4. The third-order valence-corrected chi connectivity index (χ3v) is 3.09. The smallest absolute Gasteiger partial charge is 0.303 e. The van der Waals surface area contributed by atoms with Crippen molar-refractivity contribution in [2.45, 2.75) is 51.9 Å². The summed E-state index contributed by atoms with van der Waals surface area (Å²) in [5.41, 5.74) is 0. The summed E-state index contributed by atoms with van der Waals surface area (Å²) in [7, 11) is 0. The number of hydrogen-bond acceptors (Lipinski definition) is 2. The lowest BCUT2D eigenvalue weighted by molar-refractivity contribution is -0.136. The Balaban J connectivity index is 3.68. The first-order chi connectivity index (χ1) is 12.2. The Kier molecular flexibility index (Phi) is 16.2. The Bertz CT molecular complexity index is 531. The van der Waals surface area contributed by atoms with Gasteiger partial charge in [-0.15, -0.1) is 0 Å². The van der Waals surface area contributed by atoms with Gasteiger partial charge in [-0.05, 0) is 38.2 Å². The van der Waals surface area contributed by atoms with Crippen molar-refractivity contribution >= 4 is 11.8 Å². The molecule has 0 aliphatic carbocycles. The van der Waals surface area contributed by atoms with E-state index < -0.39 is 5.97 Å². The number of ketones is 1. The zero-order chi connectivity index (χ0) is 18.6. The minimum atomic E-state index is -0.759. The Morgan fingerprint density at radius 3 is 1.96 bits per heavy atom. The van der Waals surface area contributed by atoms with E-state index in [9.17, 15) is 9.59 Å². The van der Waals surface area contributed by atoms with Crippen molar-refractivity contribution in [3.05, 3.63) is 72.9 Å². The monoisotopic (exact) mass is 342 g/mol. The van der Waals surface area contributed by atoms with Crippen LogP contribution in [0.3, 0.4) is 0 Å². The maximum atomic E-state index is 11.4. The number of carboxylic acids is 1. The van der Waals surface area contributed by atoms with Gasteiger partial charge >= 0.3 is 5.97 Å². The Labute approximate surface area is 151 Å². The van der Waals surface area contributed by atoms with Gasteiger partial charge in [0.25, 0.3) is 0 Å². The fourth-order valence-electron chi connectivity index (χ4n) is 1.80. The van der Waals surface area contributed by atoms with Crippen molar-refractivity contribution in [1.29, 1.82) is 0 Å². The molecule has 0 saturated carbocycles. The van der Waals surface area contributed by atoms with Crippen molar-refractivity contribution in [2.75, 3.05) is 0 Å². The van der Waals surface area contributed by atoms with Gasteiger partial charge < -0.3 is 5.11 Å². The van der Waals surface area contributed by atoms with Gasteiger partial charge in [0.05, 0.1) is 0 Å². The van der Waals surface area contributed by atoms with E-state index in [0.717, 1.165) is 25.7 Å². The number of aliphatic carboxylic acids is 1. The third kappa shape index (κ3) is 19.5. The van der Waals surface area contributed by atoms with Gasteiger partial charge in [-0.25, -0.2) is 0 Å². The topological polar surface area (TPSA) is 54.4 Å². The summed E-state index contributed by atoms with van der Waals surface area (Å²) >= 11 is 0. The molecule has 0 aromatic rings. The molecule has 0 bridgehead atoms. The Morgan fingerprint density at radius 1 is 0.760 bits per heavy atom. The molecule has 0 fully saturated rings. The van der Waals surface area contributed by atoms with Crippen LogP contribution in [-0.2, 0) is 9.59 Å². The number of carboxylic acid groups (broad SMARTS) is 1. The molecule has 1 N–H and O–H groups in total. The number of allylic oxidation sites excluding steroid dienone is 12. The highest BCUT2D eigenvalue weighted by Gasteiger charge is 1.90. The summed E-state index contributed by atoms with van der Waals surface area (Å²) < 4.78 is 0. The zero-order valence-electron chi connectivity index (χ0n) is 15.1. The molecule has 0 heterocycles. The van der Waals surface area contributed by atoms with Crippen molar-refractivity contribution < 1.29 is 14.7 Å². The number of carbonyl (C=O) groups is 2. The number of carbonyl (C=O) groups excluding carboxylic acids is 1. The van der Waals surface area contributed by atoms with E-state index in [1.807, 2.05) is 43.4 Å². The molecule has 0 aliphatic rings. The van der Waals surface area contributed by atoms with Gasteiger partial charge in [0, 0.05) is 12.8 Å². The molecule has 0 aliphatic heterocycles. The van der Waals surface area contributed by atoms with E-state index in [1.54, 1.807) is 12.2 Å².